The van der Waals surface area contributed by atoms with E-state index in [1.165, 1.54) is 19.1 Å². The summed E-state index contributed by atoms with van der Waals surface area (Å²) in [5.41, 5.74) is 6.69. The number of imide groups is 1. The first-order chi connectivity index (χ1) is 12.3. The second kappa shape index (κ2) is 8.15. The van der Waals surface area contributed by atoms with E-state index in [4.69, 9.17) is 19.7 Å². The highest BCUT2D eigenvalue weighted by Crippen LogP contribution is 2.18. The molecule has 0 fully saturated rings. The summed E-state index contributed by atoms with van der Waals surface area (Å²) in [6.45, 7) is 5.24. The second-order valence-electron chi connectivity index (χ2n) is 5.52. The van der Waals surface area contributed by atoms with Gasteiger partial charge in [-0.25, -0.2) is 9.59 Å². The molecule has 1 aromatic heterocycles. The monoisotopic (exact) mass is 361 g/mol. The van der Waals surface area contributed by atoms with Gasteiger partial charge in [0.15, 0.2) is 6.10 Å². The number of nitrogens with one attached hydrogen (secondary N) is 1. The number of aryl methyl sites for hydroxylation is 2. The van der Waals surface area contributed by atoms with Gasteiger partial charge >= 0.3 is 12.0 Å². The predicted molar refractivity (Wildman–Crippen MR) is 89.4 cm³/mol. The van der Waals surface area contributed by atoms with Crippen molar-refractivity contribution < 1.29 is 28.4 Å². The van der Waals surface area contributed by atoms with Crippen LogP contribution in [0.3, 0.4) is 0 Å². The number of nitrogens with two attached hydrogens (primary N) is 1. The minimum Gasteiger partial charge on any atom is -0.489 e. The van der Waals surface area contributed by atoms with Crippen LogP contribution in [0.1, 0.15) is 34.3 Å². The Balaban J connectivity index is 1.93. The molecule has 1 atom stereocenters. The summed E-state index contributed by atoms with van der Waals surface area (Å²) in [5, 5.41) is 5.69. The maximum atomic E-state index is 12.0. The van der Waals surface area contributed by atoms with E-state index in [0.29, 0.717) is 11.5 Å². The summed E-state index contributed by atoms with van der Waals surface area (Å²) in [6.07, 6.45) is -1.16. The maximum Gasteiger partial charge on any atom is 0.338 e. The zero-order chi connectivity index (χ0) is 19.3. The quantitative estimate of drug-likeness (QED) is 0.746. The van der Waals surface area contributed by atoms with E-state index in [2.05, 4.69) is 5.16 Å². The SMILES string of the molecule is Cc1noc(C)c1COc1ccc(C(=O)OC(C)C(=O)NC(N)=O)cc1. The molecule has 9 nitrogen and oxygen atoms in total. The molecule has 0 spiro atoms. The number of primary amides is 1. The van der Waals surface area contributed by atoms with E-state index >= 15 is 0 Å². The Morgan fingerprint density at radius 3 is 2.42 bits per heavy atom. The number of ether oxygens (including phenoxy) is 2. The Morgan fingerprint density at radius 2 is 1.88 bits per heavy atom. The molecule has 0 saturated carbocycles. The first-order valence-electron chi connectivity index (χ1n) is 7.73. The van der Waals surface area contributed by atoms with E-state index in [0.717, 1.165) is 11.3 Å². The largest absolute Gasteiger partial charge is 0.489 e. The van der Waals surface area contributed by atoms with Crippen molar-refractivity contribution in [1.29, 1.82) is 0 Å². The van der Waals surface area contributed by atoms with Gasteiger partial charge in [-0.05, 0) is 45.0 Å². The summed E-state index contributed by atoms with van der Waals surface area (Å²) < 4.78 is 15.7. The average Bonchev–Trinajstić information content (AvgIpc) is 2.91. The summed E-state index contributed by atoms with van der Waals surface area (Å²) >= 11 is 0. The Labute approximate surface area is 149 Å². The minimum absolute atomic E-state index is 0.230. The van der Waals surface area contributed by atoms with Crippen molar-refractivity contribution in [3.8, 4) is 5.75 Å². The summed E-state index contributed by atoms with van der Waals surface area (Å²) in [4.78, 5) is 34.1. The molecule has 1 aromatic carbocycles. The average molecular weight is 361 g/mol. The third kappa shape index (κ3) is 4.82. The molecule has 0 bridgehead atoms. The molecule has 0 aliphatic carbocycles. The van der Waals surface area contributed by atoms with Gasteiger partial charge in [0, 0.05) is 0 Å². The van der Waals surface area contributed by atoms with Crippen LogP contribution < -0.4 is 15.8 Å². The van der Waals surface area contributed by atoms with Crippen LogP contribution in [0.2, 0.25) is 0 Å². The van der Waals surface area contributed by atoms with Crippen molar-refractivity contribution in [3.05, 3.63) is 46.8 Å². The lowest BCUT2D eigenvalue weighted by atomic mass is 10.2. The minimum atomic E-state index is -1.16. The summed E-state index contributed by atoms with van der Waals surface area (Å²) in [7, 11) is 0. The number of hydrogen-bond acceptors (Lipinski definition) is 7. The highest BCUT2D eigenvalue weighted by Gasteiger charge is 2.20. The Kier molecular flexibility index (Phi) is 5.94. The van der Waals surface area contributed by atoms with Crippen LogP contribution in [-0.4, -0.2) is 29.2 Å². The number of nitrogens with zero attached hydrogens (tertiary/aromatic N) is 1. The van der Waals surface area contributed by atoms with E-state index < -0.39 is 24.0 Å². The van der Waals surface area contributed by atoms with Crippen molar-refractivity contribution in [2.24, 2.45) is 5.73 Å². The molecule has 1 heterocycles. The number of aromatic nitrogens is 1. The van der Waals surface area contributed by atoms with Gasteiger partial charge in [-0.3, -0.25) is 10.1 Å². The number of rotatable bonds is 6. The molecular weight excluding hydrogens is 342 g/mol. The molecule has 2 aromatic rings. The number of hydrogen-bond donors (Lipinski definition) is 2. The molecule has 0 radical (unpaired) electrons. The van der Waals surface area contributed by atoms with Crippen molar-refractivity contribution in [3.63, 3.8) is 0 Å². The molecule has 138 valence electrons. The van der Waals surface area contributed by atoms with Gasteiger partial charge in [-0.2, -0.15) is 0 Å². The third-order valence-corrected chi connectivity index (χ3v) is 3.55. The number of benzene rings is 1. The Bertz CT molecular complexity index is 793. The molecule has 3 N–H and O–H groups in total. The topological polar surface area (TPSA) is 134 Å². The Hall–Kier alpha value is -3.36. The Morgan fingerprint density at radius 1 is 1.23 bits per heavy atom. The molecule has 1 unspecified atom stereocenters. The fourth-order valence-electron chi connectivity index (χ4n) is 2.06. The lowest BCUT2D eigenvalue weighted by Gasteiger charge is -2.12. The van der Waals surface area contributed by atoms with Gasteiger partial charge in [-0.1, -0.05) is 5.16 Å². The highest BCUT2D eigenvalue weighted by atomic mass is 16.5. The van der Waals surface area contributed by atoms with Crippen molar-refractivity contribution >= 4 is 17.9 Å². The van der Waals surface area contributed by atoms with Gasteiger partial charge in [0.2, 0.25) is 0 Å². The van der Waals surface area contributed by atoms with E-state index in [9.17, 15) is 14.4 Å². The van der Waals surface area contributed by atoms with Crippen LogP contribution in [0.4, 0.5) is 4.79 Å². The number of carbonyl (C=O) groups excluding carboxylic acids is 3. The third-order valence-electron chi connectivity index (χ3n) is 3.55. The number of carbonyl (C=O) groups is 3. The lowest BCUT2D eigenvalue weighted by molar-refractivity contribution is -0.127. The molecule has 0 aliphatic rings. The summed E-state index contributed by atoms with van der Waals surface area (Å²) in [6, 6.07) is 5.19. The molecule has 9 heteroatoms. The molecule has 26 heavy (non-hydrogen) atoms. The van der Waals surface area contributed by atoms with Gasteiger partial charge < -0.3 is 19.7 Å². The number of amides is 3. The standard InChI is InChI=1S/C17H19N3O6/c1-9-14(10(2)26-20-9)8-24-13-6-4-12(5-7-13)16(22)25-11(3)15(21)19-17(18)23/h4-7,11H,8H2,1-3H3,(H3,18,19,21,23). The van der Waals surface area contributed by atoms with Crippen LogP contribution in [0.25, 0.3) is 0 Å². The molecular formula is C17H19N3O6. The van der Waals surface area contributed by atoms with E-state index in [-0.39, 0.29) is 12.2 Å². The van der Waals surface area contributed by atoms with Gasteiger partial charge in [-0.15, -0.1) is 0 Å². The van der Waals surface area contributed by atoms with Crippen LogP contribution >= 0.6 is 0 Å². The van der Waals surface area contributed by atoms with Gasteiger partial charge in [0.1, 0.15) is 18.1 Å². The second-order valence-corrected chi connectivity index (χ2v) is 5.52. The molecule has 0 aliphatic heterocycles. The van der Waals surface area contributed by atoms with Crippen LogP contribution in [0, 0.1) is 13.8 Å². The number of esters is 1. The van der Waals surface area contributed by atoms with Crippen molar-refractivity contribution in [2.45, 2.75) is 33.5 Å². The van der Waals surface area contributed by atoms with Crippen LogP contribution in [0.5, 0.6) is 5.75 Å². The van der Waals surface area contributed by atoms with Crippen molar-refractivity contribution in [1.82, 2.24) is 10.5 Å². The lowest BCUT2D eigenvalue weighted by Crippen LogP contribution is -2.42. The predicted octanol–water partition coefficient (Wildman–Crippen LogP) is 1.61. The normalized spacial score (nSPS) is 11.5. The van der Waals surface area contributed by atoms with Gasteiger partial charge in [0.05, 0.1) is 16.8 Å². The first-order valence-corrected chi connectivity index (χ1v) is 7.73. The molecule has 3 amide bonds. The van der Waals surface area contributed by atoms with E-state index in [1.807, 2.05) is 12.2 Å². The zero-order valence-corrected chi connectivity index (χ0v) is 14.6. The highest BCUT2D eigenvalue weighted by molar-refractivity contribution is 5.98. The van der Waals surface area contributed by atoms with E-state index in [1.54, 1.807) is 19.1 Å². The maximum absolute atomic E-state index is 12.0. The summed E-state index contributed by atoms with van der Waals surface area (Å²) in [5.74, 6) is -0.286. The molecule has 2 rings (SSSR count). The van der Waals surface area contributed by atoms with Crippen molar-refractivity contribution in [2.75, 3.05) is 0 Å². The van der Waals surface area contributed by atoms with Crippen LogP contribution in [-0.2, 0) is 16.1 Å². The fourth-order valence-corrected chi connectivity index (χ4v) is 2.06. The first kappa shape index (κ1) is 19.0. The smallest absolute Gasteiger partial charge is 0.338 e. The molecule has 0 saturated heterocycles. The zero-order valence-electron chi connectivity index (χ0n) is 14.6. The van der Waals surface area contributed by atoms with Gasteiger partial charge in [0.25, 0.3) is 5.91 Å². The fraction of sp³-hybridized carbons (Fsp3) is 0.294. The van der Waals surface area contributed by atoms with Crippen LogP contribution in [0.15, 0.2) is 28.8 Å². The number of urea groups is 1.